The second-order valence-corrected chi connectivity index (χ2v) is 9.72. The molecule has 2 amide bonds. The lowest BCUT2D eigenvalue weighted by molar-refractivity contribution is -0.140. The van der Waals surface area contributed by atoms with E-state index >= 15 is 0 Å². The second-order valence-electron chi connectivity index (χ2n) is 9.28. The van der Waals surface area contributed by atoms with Crippen LogP contribution < -0.4 is 9.64 Å². The summed E-state index contributed by atoms with van der Waals surface area (Å²) in [6.45, 7) is 9.62. The van der Waals surface area contributed by atoms with Crippen molar-refractivity contribution >= 4 is 35.3 Å². The number of aromatic nitrogens is 1. The van der Waals surface area contributed by atoms with Gasteiger partial charge in [0.15, 0.2) is 0 Å². The average Bonchev–Trinajstić information content (AvgIpc) is 2.80. The molecule has 2 aromatic rings. The van der Waals surface area contributed by atoms with Crippen molar-refractivity contribution in [3.63, 3.8) is 0 Å². The van der Waals surface area contributed by atoms with Gasteiger partial charge in [-0.25, -0.2) is 4.79 Å². The maximum absolute atomic E-state index is 13.2. The Morgan fingerprint density at radius 3 is 2.31 bits per heavy atom. The first kappa shape index (κ1) is 28.9. The number of rotatable bonds is 10. The van der Waals surface area contributed by atoms with E-state index in [4.69, 9.17) is 21.1 Å². The van der Waals surface area contributed by atoms with Crippen LogP contribution in [-0.2, 0) is 14.3 Å². The smallest absolute Gasteiger partial charge is 0.414 e. The monoisotopic (exact) mass is 519 g/mol. The molecule has 0 saturated heterocycles. The van der Waals surface area contributed by atoms with E-state index in [2.05, 4.69) is 9.72 Å². The van der Waals surface area contributed by atoms with E-state index in [0.717, 1.165) is 0 Å². The standard InChI is InChI=1S/C26H34ClN3O6/c1-18(2)29(12-9-23(31)34-6)24(32)19-15-20(27)17-22(16-19)35-14-13-30(21-7-10-28-11-8-21)25(33)36-26(3,4)5/h7-8,10-11,15-18H,9,12-14H2,1-6H3. The van der Waals surface area contributed by atoms with E-state index in [1.165, 1.54) is 12.0 Å². The molecule has 36 heavy (non-hydrogen) atoms. The van der Waals surface area contributed by atoms with Crippen LogP contribution >= 0.6 is 11.6 Å². The Morgan fingerprint density at radius 1 is 1.06 bits per heavy atom. The summed E-state index contributed by atoms with van der Waals surface area (Å²) in [6, 6.07) is 7.99. The van der Waals surface area contributed by atoms with Crippen molar-refractivity contribution in [3.8, 4) is 5.75 Å². The van der Waals surface area contributed by atoms with Gasteiger partial charge >= 0.3 is 12.1 Å². The van der Waals surface area contributed by atoms with Gasteiger partial charge in [-0.3, -0.25) is 19.5 Å². The number of benzene rings is 1. The molecule has 0 fully saturated rings. The predicted molar refractivity (Wildman–Crippen MR) is 138 cm³/mol. The van der Waals surface area contributed by atoms with Crippen LogP contribution in [0.4, 0.5) is 10.5 Å². The lowest BCUT2D eigenvalue weighted by Gasteiger charge is -2.27. The minimum atomic E-state index is -0.665. The molecule has 1 aromatic heterocycles. The quantitative estimate of drug-likeness (QED) is 0.409. The molecule has 0 aliphatic carbocycles. The van der Waals surface area contributed by atoms with Gasteiger partial charge in [0.1, 0.15) is 18.0 Å². The highest BCUT2D eigenvalue weighted by Crippen LogP contribution is 2.24. The molecule has 0 aliphatic heterocycles. The Kier molecular flexibility index (Phi) is 10.5. The molecular formula is C26H34ClN3O6. The Balaban J connectivity index is 2.15. The van der Waals surface area contributed by atoms with Gasteiger partial charge < -0.3 is 19.1 Å². The van der Waals surface area contributed by atoms with Gasteiger partial charge in [-0.15, -0.1) is 0 Å². The largest absolute Gasteiger partial charge is 0.492 e. The fourth-order valence-corrected chi connectivity index (χ4v) is 3.49. The molecule has 2 rings (SSSR count). The maximum Gasteiger partial charge on any atom is 0.414 e. The van der Waals surface area contributed by atoms with Crippen molar-refractivity contribution in [2.24, 2.45) is 0 Å². The molecule has 0 spiro atoms. The van der Waals surface area contributed by atoms with Crippen molar-refractivity contribution in [3.05, 3.63) is 53.3 Å². The Labute approximate surface area is 217 Å². The van der Waals surface area contributed by atoms with E-state index in [9.17, 15) is 14.4 Å². The fraction of sp³-hybridized carbons (Fsp3) is 0.462. The third-order valence-corrected chi connectivity index (χ3v) is 5.18. The summed E-state index contributed by atoms with van der Waals surface area (Å²) in [7, 11) is 1.31. The maximum atomic E-state index is 13.2. The van der Waals surface area contributed by atoms with E-state index < -0.39 is 17.7 Å². The van der Waals surface area contributed by atoms with Gasteiger partial charge in [0.2, 0.25) is 0 Å². The van der Waals surface area contributed by atoms with Crippen LogP contribution in [0.15, 0.2) is 42.7 Å². The number of hydrogen-bond acceptors (Lipinski definition) is 7. The first-order valence-electron chi connectivity index (χ1n) is 11.6. The van der Waals surface area contributed by atoms with Gasteiger partial charge in [-0.05, 0) is 65.0 Å². The van der Waals surface area contributed by atoms with Crippen LogP contribution in [0, 0.1) is 0 Å². The molecule has 1 heterocycles. The third-order valence-electron chi connectivity index (χ3n) is 4.96. The Hall–Kier alpha value is -3.33. The molecule has 0 aliphatic rings. The highest BCUT2D eigenvalue weighted by Gasteiger charge is 2.24. The molecule has 10 heteroatoms. The fourth-order valence-electron chi connectivity index (χ4n) is 3.26. The van der Waals surface area contributed by atoms with Crippen molar-refractivity contribution in [2.75, 3.05) is 31.7 Å². The zero-order chi connectivity index (χ0) is 26.9. The van der Waals surface area contributed by atoms with Crippen LogP contribution in [0.1, 0.15) is 51.4 Å². The van der Waals surface area contributed by atoms with Crippen molar-refractivity contribution in [1.82, 2.24) is 9.88 Å². The van der Waals surface area contributed by atoms with Crippen molar-refractivity contribution in [1.29, 1.82) is 0 Å². The molecule has 0 bridgehead atoms. The zero-order valence-electron chi connectivity index (χ0n) is 21.6. The normalized spacial score (nSPS) is 11.1. The number of ether oxygens (including phenoxy) is 3. The van der Waals surface area contributed by atoms with Crippen LogP contribution in [-0.4, -0.2) is 66.3 Å². The summed E-state index contributed by atoms with van der Waals surface area (Å²) in [5, 5.41) is 0.325. The molecule has 0 N–H and O–H groups in total. The lowest BCUT2D eigenvalue weighted by Crippen LogP contribution is -2.39. The number of halogens is 1. The molecule has 9 nitrogen and oxygen atoms in total. The number of methoxy groups -OCH3 is 1. The van der Waals surface area contributed by atoms with Gasteiger partial charge in [0, 0.05) is 35.6 Å². The molecule has 1 aromatic carbocycles. The van der Waals surface area contributed by atoms with Crippen molar-refractivity contribution in [2.45, 2.75) is 52.7 Å². The number of carbonyl (C=O) groups is 3. The minimum Gasteiger partial charge on any atom is -0.492 e. The number of nitrogens with zero attached hydrogens (tertiary/aromatic N) is 3. The molecule has 0 saturated carbocycles. The SMILES string of the molecule is COC(=O)CCN(C(=O)c1cc(Cl)cc(OCCN(C(=O)OC(C)(C)C)c2ccncc2)c1)C(C)C. The number of hydrogen-bond donors (Lipinski definition) is 0. The van der Waals surface area contributed by atoms with Gasteiger partial charge in [-0.2, -0.15) is 0 Å². The summed E-state index contributed by atoms with van der Waals surface area (Å²) in [5.74, 6) is -0.304. The minimum absolute atomic E-state index is 0.0832. The summed E-state index contributed by atoms with van der Waals surface area (Å²) in [5.41, 5.74) is 0.277. The van der Waals surface area contributed by atoms with Gasteiger partial charge in [-0.1, -0.05) is 11.6 Å². The van der Waals surface area contributed by atoms with Crippen molar-refractivity contribution < 1.29 is 28.6 Å². The van der Waals surface area contributed by atoms with Crippen LogP contribution in [0.25, 0.3) is 0 Å². The van der Waals surface area contributed by atoms with Gasteiger partial charge in [0.25, 0.3) is 5.91 Å². The summed E-state index contributed by atoms with van der Waals surface area (Å²) >= 11 is 6.27. The average molecular weight is 520 g/mol. The highest BCUT2D eigenvalue weighted by molar-refractivity contribution is 6.31. The van der Waals surface area contributed by atoms with Crippen LogP contribution in [0.2, 0.25) is 5.02 Å². The number of carbonyl (C=O) groups excluding carboxylic acids is 3. The van der Waals surface area contributed by atoms with Gasteiger partial charge in [0.05, 0.1) is 25.8 Å². The van der Waals surface area contributed by atoms with E-state index in [0.29, 0.717) is 22.0 Å². The first-order valence-corrected chi connectivity index (χ1v) is 12.0. The van der Waals surface area contributed by atoms with Crippen LogP contribution in [0.5, 0.6) is 5.75 Å². The predicted octanol–water partition coefficient (Wildman–Crippen LogP) is 4.97. The first-order chi connectivity index (χ1) is 16.9. The molecular weight excluding hydrogens is 486 g/mol. The zero-order valence-corrected chi connectivity index (χ0v) is 22.4. The number of amides is 2. The summed E-state index contributed by atoms with van der Waals surface area (Å²) in [4.78, 5) is 44.5. The third kappa shape index (κ3) is 9.03. The molecule has 0 unspecified atom stereocenters. The number of anilines is 1. The Bertz CT molecular complexity index is 1040. The number of pyridine rings is 1. The molecule has 0 radical (unpaired) electrons. The number of esters is 1. The molecule has 0 atom stereocenters. The summed E-state index contributed by atoms with van der Waals surface area (Å²) < 4.78 is 16.1. The van der Waals surface area contributed by atoms with E-state index in [1.807, 2.05) is 13.8 Å². The Morgan fingerprint density at radius 2 is 1.72 bits per heavy atom. The van der Waals surface area contributed by atoms with E-state index in [1.54, 1.807) is 68.4 Å². The second kappa shape index (κ2) is 13.1. The topological polar surface area (TPSA) is 98.3 Å². The van der Waals surface area contributed by atoms with E-state index in [-0.39, 0.29) is 38.1 Å². The van der Waals surface area contributed by atoms with Crippen LogP contribution in [0.3, 0.4) is 0 Å². The highest BCUT2D eigenvalue weighted by atomic mass is 35.5. The molecule has 196 valence electrons. The lowest BCUT2D eigenvalue weighted by atomic mass is 10.1. The summed E-state index contributed by atoms with van der Waals surface area (Å²) in [6.07, 6.45) is 2.74.